The molecule has 3 aromatic carbocycles. The number of carboxylic acid groups (broad SMARTS) is 1. The number of imide groups is 1. The topological polar surface area (TPSA) is 121 Å². The van der Waals surface area contributed by atoms with E-state index in [1.807, 2.05) is 73.7 Å². The van der Waals surface area contributed by atoms with Crippen LogP contribution < -0.4 is 5.32 Å². The number of carboxylic acids is 1. The minimum absolute atomic E-state index is 0.0182. The number of nitrogens with zero attached hydrogens (tertiary/aromatic N) is 1. The molecular formula is C28H28N2O6S. The Hall–Kier alpha value is -3.56. The van der Waals surface area contributed by atoms with E-state index in [-0.39, 0.29) is 18.7 Å². The van der Waals surface area contributed by atoms with E-state index in [1.54, 1.807) is 0 Å². The van der Waals surface area contributed by atoms with Crippen molar-refractivity contribution in [3.63, 3.8) is 0 Å². The minimum atomic E-state index is -3.45. The third-order valence-corrected chi connectivity index (χ3v) is 8.56. The Kier molecular flexibility index (Phi) is 6.16. The molecular weight excluding hydrogens is 492 g/mol. The van der Waals surface area contributed by atoms with Gasteiger partial charge in [0.25, 0.3) is 0 Å². The molecule has 4 unspecified atom stereocenters. The summed E-state index contributed by atoms with van der Waals surface area (Å²) >= 11 is 0. The highest BCUT2D eigenvalue weighted by Crippen LogP contribution is 2.50. The fraction of sp³-hybridized carbons (Fsp3) is 0.321. The lowest BCUT2D eigenvalue weighted by Gasteiger charge is -2.31. The molecule has 2 fully saturated rings. The van der Waals surface area contributed by atoms with Crippen molar-refractivity contribution < 1.29 is 27.9 Å². The number of sulfone groups is 1. The van der Waals surface area contributed by atoms with Gasteiger partial charge in [0.05, 0.1) is 17.6 Å². The molecule has 192 valence electrons. The second-order valence-electron chi connectivity index (χ2n) is 10.1. The summed E-state index contributed by atoms with van der Waals surface area (Å²) < 4.78 is 23.6. The lowest BCUT2D eigenvalue weighted by molar-refractivity contribution is -0.151. The van der Waals surface area contributed by atoms with E-state index in [0.29, 0.717) is 5.56 Å². The summed E-state index contributed by atoms with van der Waals surface area (Å²) in [4.78, 5) is 41.3. The summed E-state index contributed by atoms with van der Waals surface area (Å²) in [7, 11) is -3.45. The van der Waals surface area contributed by atoms with Gasteiger partial charge in [0.2, 0.25) is 11.8 Å². The number of hydrogen-bond acceptors (Lipinski definition) is 6. The van der Waals surface area contributed by atoms with Gasteiger partial charge in [-0.3, -0.25) is 24.6 Å². The Balaban J connectivity index is 1.62. The molecule has 2 heterocycles. The Bertz CT molecular complexity index is 1530. The fourth-order valence-corrected chi connectivity index (χ4v) is 6.36. The SMILES string of the molecule is Cc1ccccc1C1NC(Cc2ccc3ccccc3c2)(C(=O)O)C2C(=O)N(CCS(C)(=O)=O)C(=O)C12. The maximum absolute atomic E-state index is 13.7. The number of fused-ring (bicyclic) bond motifs is 2. The van der Waals surface area contributed by atoms with Crippen LogP contribution in [-0.4, -0.2) is 60.3 Å². The highest BCUT2D eigenvalue weighted by Gasteiger charge is 2.68. The highest BCUT2D eigenvalue weighted by molar-refractivity contribution is 7.90. The van der Waals surface area contributed by atoms with Crippen molar-refractivity contribution >= 4 is 38.4 Å². The summed E-state index contributed by atoms with van der Waals surface area (Å²) in [6.07, 6.45) is 1.02. The quantitative estimate of drug-likeness (QED) is 0.459. The summed E-state index contributed by atoms with van der Waals surface area (Å²) in [5.41, 5.74) is 0.561. The average molecular weight is 521 g/mol. The van der Waals surface area contributed by atoms with Crippen LogP contribution in [-0.2, 0) is 30.6 Å². The average Bonchev–Trinajstić information content (AvgIpc) is 3.31. The number of likely N-dealkylation sites (tertiary alicyclic amines) is 1. The van der Waals surface area contributed by atoms with E-state index >= 15 is 0 Å². The van der Waals surface area contributed by atoms with E-state index in [2.05, 4.69) is 5.32 Å². The number of amides is 2. The third-order valence-electron chi connectivity index (χ3n) is 7.63. The van der Waals surface area contributed by atoms with E-state index in [0.717, 1.165) is 33.1 Å². The first kappa shape index (κ1) is 25.1. The van der Waals surface area contributed by atoms with Crippen LogP contribution in [0.25, 0.3) is 10.8 Å². The second-order valence-corrected chi connectivity index (χ2v) is 12.3. The van der Waals surface area contributed by atoms with Crippen LogP contribution >= 0.6 is 0 Å². The molecule has 3 aromatic rings. The van der Waals surface area contributed by atoms with Crippen molar-refractivity contribution in [3.05, 3.63) is 83.4 Å². The largest absolute Gasteiger partial charge is 0.480 e. The van der Waals surface area contributed by atoms with Crippen molar-refractivity contribution in [1.82, 2.24) is 10.2 Å². The van der Waals surface area contributed by atoms with Gasteiger partial charge in [0.15, 0.2) is 0 Å². The predicted octanol–water partition coefficient (Wildman–Crippen LogP) is 2.50. The van der Waals surface area contributed by atoms with E-state index in [4.69, 9.17) is 0 Å². The molecule has 0 saturated carbocycles. The summed E-state index contributed by atoms with van der Waals surface area (Å²) in [6.45, 7) is 1.58. The van der Waals surface area contributed by atoms with Gasteiger partial charge in [-0.25, -0.2) is 8.42 Å². The zero-order chi connectivity index (χ0) is 26.5. The summed E-state index contributed by atoms with van der Waals surface area (Å²) in [6, 6.07) is 20.0. The molecule has 0 bridgehead atoms. The number of rotatable bonds is 7. The number of nitrogens with one attached hydrogen (secondary N) is 1. The monoisotopic (exact) mass is 520 g/mol. The molecule has 0 aliphatic carbocycles. The lowest BCUT2D eigenvalue weighted by Crippen LogP contribution is -2.57. The maximum atomic E-state index is 13.7. The van der Waals surface area contributed by atoms with Gasteiger partial charge in [-0.05, 0) is 34.4 Å². The van der Waals surface area contributed by atoms with Crippen LogP contribution in [0, 0.1) is 18.8 Å². The molecule has 8 nitrogen and oxygen atoms in total. The van der Waals surface area contributed by atoms with Crippen LogP contribution in [0.2, 0.25) is 0 Å². The standard InChI is InChI=1S/C28H28N2O6S/c1-17-7-3-6-10-21(17)24-22-23(26(32)30(25(22)31)13-14-37(2,35)36)28(29-24,27(33)34)16-18-11-12-19-8-4-5-9-20(19)15-18/h3-12,15,22-24,29H,13-14,16H2,1-2H3,(H,33,34). The number of hydrogen-bond donors (Lipinski definition) is 2. The van der Waals surface area contributed by atoms with E-state index < -0.39 is 51.0 Å². The first-order chi connectivity index (χ1) is 17.5. The molecule has 2 N–H and O–H groups in total. The van der Waals surface area contributed by atoms with Gasteiger partial charge < -0.3 is 5.11 Å². The van der Waals surface area contributed by atoms with Crippen LogP contribution in [0.15, 0.2) is 66.7 Å². The Morgan fingerprint density at radius 2 is 1.68 bits per heavy atom. The number of carbonyl (C=O) groups is 3. The predicted molar refractivity (Wildman–Crippen MR) is 138 cm³/mol. The van der Waals surface area contributed by atoms with Gasteiger partial charge in [-0.1, -0.05) is 66.7 Å². The van der Waals surface area contributed by atoms with Crippen LogP contribution in [0.5, 0.6) is 0 Å². The molecule has 5 rings (SSSR count). The fourth-order valence-electron chi connectivity index (χ4n) is 5.85. The number of benzene rings is 3. The molecule has 0 spiro atoms. The number of carbonyl (C=O) groups excluding carboxylic acids is 2. The maximum Gasteiger partial charge on any atom is 0.325 e. The van der Waals surface area contributed by atoms with Gasteiger partial charge in [-0.2, -0.15) is 0 Å². The normalized spacial score (nSPS) is 25.6. The van der Waals surface area contributed by atoms with E-state index in [1.165, 1.54) is 0 Å². The molecule has 37 heavy (non-hydrogen) atoms. The van der Waals surface area contributed by atoms with Gasteiger partial charge >= 0.3 is 5.97 Å². The summed E-state index contributed by atoms with van der Waals surface area (Å²) in [5.74, 6) is -4.95. The second kappa shape index (κ2) is 9.08. The van der Waals surface area contributed by atoms with Crippen LogP contribution in [0.1, 0.15) is 22.7 Å². The zero-order valence-corrected chi connectivity index (χ0v) is 21.4. The van der Waals surface area contributed by atoms with Crippen molar-refractivity contribution in [2.75, 3.05) is 18.6 Å². The van der Waals surface area contributed by atoms with E-state index in [9.17, 15) is 27.9 Å². The van der Waals surface area contributed by atoms with Crippen molar-refractivity contribution in [2.45, 2.75) is 24.9 Å². The van der Waals surface area contributed by atoms with Crippen LogP contribution in [0.3, 0.4) is 0 Å². The minimum Gasteiger partial charge on any atom is -0.480 e. The van der Waals surface area contributed by atoms with Gasteiger partial charge in [0, 0.05) is 25.3 Å². The molecule has 9 heteroatoms. The van der Waals surface area contributed by atoms with Crippen molar-refractivity contribution in [3.8, 4) is 0 Å². The Labute approximate surface area is 215 Å². The molecule has 0 aromatic heterocycles. The first-order valence-electron chi connectivity index (χ1n) is 12.1. The highest BCUT2D eigenvalue weighted by atomic mass is 32.2. The van der Waals surface area contributed by atoms with Crippen LogP contribution in [0.4, 0.5) is 0 Å². The molecule has 2 saturated heterocycles. The Morgan fingerprint density at radius 1 is 1.00 bits per heavy atom. The van der Waals surface area contributed by atoms with Gasteiger partial charge in [0.1, 0.15) is 15.4 Å². The van der Waals surface area contributed by atoms with Crippen molar-refractivity contribution in [1.29, 1.82) is 0 Å². The Morgan fingerprint density at radius 3 is 2.35 bits per heavy atom. The molecule has 2 aliphatic rings. The van der Waals surface area contributed by atoms with Crippen molar-refractivity contribution in [2.24, 2.45) is 11.8 Å². The first-order valence-corrected chi connectivity index (χ1v) is 14.2. The lowest BCUT2D eigenvalue weighted by atomic mass is 9.76. The number of aliphatic carboxylic acids is 1. The zero-order valence-electron chi connectivity index (χ0n) is 20.5. The smallest absolute Gasteiger partial charge is 0.325 e. The third kappa shape index (κ3) is 4.32. The van der Waals surface area contributed by atoms with Gasteiger partial charge in [-0.15, -0.1) is 0 Å². The molecule has 2 amide bonds. The molecule has 2 aliphatic heterocycles. The number of aryl methyl sites for hydroxylation is 1. The molecule has 4 atom stereocenters. The summed E-state index contributed by atoms with van der Waals surface area (Å²) in [5, 5.41) is 15.8. The molecule has 0 radical (unpaired) electrons.